The summed E-state index contributed by atoms with van der Waals surface area (Å²) < 4.78 is 0. The largest absolute Gasteiger partial charge is 0.395 e. The van der Waals surface area contributed by atoms with Gasteiger partial charge in [0.05, 0.1) is 6.61 Å². The number of nitrogens with zero attached hydrogens (tertiary/aromatic N) is 1. The highest BCUT2D eigenvalue weighted by molar-refractivity contribution is 5.29. The predicted octanol–water partition coefficient (Wildman–Crippen LogP) is 5.21. The summed E-state index contributed by atoms with van der Waals surface area (Å²) in [5.41, 5.74) is 5.48. The second-order valence-corrected chi connectivity index (χ2v) is 7.51. The third-order valence-electron chi connectivity index (χ3n) is 5.46. The molecular weight excluding hydrogens is 342 g/mol. The molecule has 0 unspecified atom stereocenters. The highest BCUT2D eigenvalue weighted by Gasteiger charge is 2.16. The van der Waals surface area contributed by atoms with Crippen molar-refractivity contribution in [1.29, 1.82) is 0 Å². The maximum atomic E-state index is 9.53. The standard InChI is InChI=1S/C26H31NO/c1-22-10-8-9-15-25(22)20-26(24-13-6-3-7-14-24)16-17-27(18-19-28)21-23-11-4-2-5-12-23/h2-15,26,28H,16-21H2,1H3/t26-/m0/s1. The minimum Gasteiger partial charge on any atom is -0.395 e. The van der Waals surface area contributed by atoms with Crippen molar-refractivity contribution in [2.45, 2.75) is 32.2 Å². The Morgan fingerprint density at radius 1 is 0.786 bits per heavy atom. The fourth-order valence-corrected chi connectivity index (χ4v) is 3.81. The molecular formula is C26H31NO. The molecule has 0 radical (unpaired) electrons. The number of benzene rings is 3. The quantitative estimate of drug-likeness (QED) is 0.527. The van der Waals surface area contributed by atoms with Crippen LogP contribution in [-0.4, -0.2) is 29.7 Å². The third-order valence-corrected chi connectivity index (χ3v) is 5.46. The molecule has 0 spiro atoms. The minimum atomic E-state index is 0.195. The average molecular weight is 374 g/mol. The van der Waals surface area contributed by atoms with Crippen LogP contribution >= 0.6 is 0 Å². The second-order valence-electron chi connectivity index (χ2n) is 7.51. The monoisotopic (exact) mass is 373 g/mol. The van der Waals surface area contributed by atoms with E-state index in [0.717, 1.165) is 25.9 Å². The first-order valence-electron chi connectivity index (χ1n) is 10.2. The van der Waals surface area contributed by atoms with Crippen LogP contribution in [0.15, 0.2) is 84.9 Å². The van der Waals surface area contributed by atoms with Gasteiger partial charge in [-0.1, -0.05) is 84.9 Å². The van der Waals surface area contributed by atoms with Crippen LogP contribution in [0.1, 0.15) is 34.6 Å². The lowest BCUT2D eigenvalue weighted by Gasteiger charge is -2.25. The van der Waals surface area contributed by atoms with E-state index < -0.39 is 0 Å². The molecule has 146 valence electrons. The fraction of sp³-hybridized carbons (Fsp3) is 0.308. The van der Waals surface area contributed by atoms with E-state index in [1.807, 2.05) is 6.07 Å². The summed E-state index contributed by atoms with van der Waals surface area (Å²) in [7, 11) is 0. The van der Waals surface area contributed by atoms with Crippen molar-refractivity contribution >= 4 is 0 Å². The lowest BCUT2D eigenvalue weighted by molar-refractivity contribution is 0.185. The lowest BCUT2D eigenvalue weighted by Crippen LogP contribution is -2.29. The van der Waals surface area contributed by atoms with E-state index in [4.69, 9.17) is 0 Å². The van der Waals surface area contributed by atoms with Gasteiger partial charge in [-0.25, -0.2) is 0 Å². The van der Waals surface area contributed by atoms with Crippen molar-refractivity contribution in [2.24, 2.45) is 0 Å². The maximum absolute atomic E-state index is 9.53. The van der Waals surface area contributed by atoms with Gasteiger partial charge in [0.2, 0.25) is 0 Å². The Bertz CT molecular complexity index is 816. The van der Waals surface area contributed by atoms with Gasteiger partial charge >= 0.3 is 0 Å². The average Bonchev–Trinajstić information content (AvgIpc) is 2.74. The highest BCUT2D eigenvalue weighted by Crippen LogP contribution is 2.26. The number of aliphatic hydroxyl groups excluding tert-OH is 1. The molecule has 3 rings (SSSR count). The van der Waals surface area contributed by atoms with Gasteiger partial charge in [0.15, 0.2) is 0 Å². The number of hydrogen-bond donors (Lipinski definition) is 1. The van der Waals surface area contributed by atoms with E-state index in [1.54, 1.807) is 0 Å². The number of rotatable bonds is 10. The van der Waals surface area contributed by atoms with Crippen molar-refractivity contribution in [3.05, 3.63) is 107 Å². The molecule has 0 saturated heterocycles. The SMILES string of the molecule is Cc1ccccc1C[C@H](CCN(CCO)Cc1ccccc1)c1ccccc1. The third kappa shape index (κ3) is 6.05. The molecule has 3 aromatic rings. The van der Waals surface area contributed by atoms with E-state index in [-0.39, 0.29) is 6.61 Å². The minimum absolute atomic E-state index is 0.195. The van der Waals surface area contributed by atoms with E-state index >= 15 is 0 Å². The van der Waals surface area contributed by atoms with Gasteiger partial charge in [0.25, 0.3) is 0 Å². The zero-order chi connectivity index (χ0) is 19.6. The van der Waals surface area contributed by atoms with Crippen molar-refractivity contribution in [1.82, 2.24) is 4.90 Å². The molecule has 2 nitrogen and oxygen atoms in total. The molecule has 0 aliphatic rings. The molecule has 0 amide bonds. The van der Waals surface area contributed by atoms with Crippen LogP contribution in [0.5, 0.6) is 0 Å². The Balaban J connectivity index is 1.71. The Kier molecular flexibility index (Phi) is 7.83. The van der Waals surface area contributed by atoms with Crippen molar-refractivity contribution in [2.75, 3.05) is 19.7 Å². The number of hydrogen-bond acceptors (Lipinski definition) is 2. The van der Waals surface area contributed by atoms with E-state index in [1.165, 1.54) is 22.3 Å². The molecule has 3 aromatic carbocycles. The molecule has 0 heterocycles. The molecule has 0 aliphatic carbocycles. The normalized spacial score (nSPS) is 12.2. The first-order chi connectivity index (χ1) is 13.8. The molecule has 0 saturated carbocycles. The summed E-state index contributed by atoms with van der Waals surface area (Å²) >= 11 is 0. The van der Waals surface area contributed by atoms with Gasteiger partial charge in [-0.05, 0) is 54.5 Å². The Morgan fingerprint density at radius 3 is 2.11 bits per heavy atom. The smallest absolute Gasteiger partial charge is 0.0558 e. The van der Waals surface area contributed by atoms with Gasteiger partial charge < -0.3 is 5.11 Å². The molecule has 0 bridgehead atoms. The maximum Gasteiger partial charge on any atom is 0.0558 e. The number of aryl methyl sites for hydroxylation is 1. The highest BCUT2D eigenvalue weighted by atomic mass is 16.3. The van der Waals surface area contributed by atoms with Crippen molar-refractivity contribution < 1.29 is 5.11 Å². The van der Waals surface area contributed by atoms with E-state index in [9.17, 15) is 5.11 Å². The molecule has 0 fully saturated rings. The van der Waals surface area contributed by atoms with Gasteiger partial charge in [0, 0.05) is 13.1 Å². The van der Waals surface area contributed by atoms with Gasteiger partial charge in [-0.2, -0.15) is 0 Å². The zero-order valence-corrected chi connectivity index (χ0v) is 16.8. The molecule has 28 heavy (non-hydrogen) atoms. The molecule has 0 aliphatic heterocycles. The number of aliphatic hydroxyl groups is 1. The van der Waals surface area contributed by atoms with Crippen LogP contribution in [0.25, 0.3) is 0 Å². The summed E-state index contributed by atoms with van der Waals surface area (Å²) in [6.45, 7) is 4.96. The lowest BCUT2D eigenvalue weighted by atomic mass is 9.87. The van der Waals surface area contributed by atoms with Crippen LogP contribution in [0.4, 0.5) is 0 Å². The van der Waals surface area contributed by atoms with Crippen molar-refractivity contribution in [3.63, 3.8) is 0 Å². The van der Waals surface area contributed by atoms with Crippen LogP contribution in [0.3, 0.4) is 0 Å². The first-order valence-corrected chi connectivity index (χ1v) is 10.2. The van der Waals surface area contributed by atoms with E-state index in [0.29, 0.717) is 12.5 Å². The van der Waals surface area contributed by atoms with Gasteiger partial charge in [-0.3, -0.25) is 4.90 Å². The predicted molar refractivity (Wildman–Crippen MR) is 117 cm³/mol. The van der Waals surface area contributed by atoms with Crippen molar-refractivity contribution in [3.8, 4) is 0 Å². The molecule has 2 heteroatoms. The van der Waals surface area contributed by atoms with E-state index in [2.05, 4.69) is 90.7 Å². The summed E-state index contributed by atoms with van der Waals surface area (Å²) in [6.07, 6.45) is 2.13. The molecule has 0 aromatic heterocycles. The van der Waals surface area contributed by atoms with Crippen LogP contribution in [0.2, 0.25) is 0 Å². The Labute approximate surface area is 169 Å². The van der Waals surface area contributed by atoms with Crippen LogP contribution < -0.4 is 0 Å². The summed E-state index contributed by atoms with van der Waals surface area (Å²) in [4.78, 5) is 2.36. The Hall–Kier alpha value is -2.42. The van der Waals surface area contributed by atoms with Crippen LogP contribution in [-0.2, 0) is 13.0 Å². The van der Waals surface area contributed by atoms with Gasteiger partial charge in [0.1, 0.15) is 0 Å². The fourth-order valence-electron chi connectivity index (χ4n) is 3.81. The molecule has 1 N–H and O–H groups in total. The summed E-state index contributed by atoms with van der Waals surface area (Å²) in [5, 5.41) is 9.53. The van der Waals surface area contributed by atoms with Crippen LogP contribution in [0, 0.1) is 6.92 Å². The second kappa shape index (κ2) is 10.8. The molecule has 1 atom stereocenters. The summed E-state index contributed by atoms with van der Waals surface area (Å²) in [5.74, 6) is 0.472. The zero-order valence-electron chi connectivity index (χ0n) is 16.8. The first kappa shape index (κ1) is 20.3. The topological polar surface area (TPSA) is 23.5 Å². The van der Waals surface area contributed by atoms with Gasteiger partial charge in [-0.15, -0.1) is 0 Å². The Morgan fingerprint density at radius 2 is 1.43 bits per heavy atom. The summed E-state index contributed by atoms with van der Waals surface area (Å²) in [6, 6.07) is 30.1.